The monoisotopic (exact) mass is 196 g/mol. The molecule has 0 bridgehead atoms. The van der Waals surface area contributed by atoms with Crippen LogP contribution < -0.4 is 5.32 Å². The summed E-state index contributed by atoms with van der Waals surface area (Å²) >= 11 is 0. The Balaban J connectivity index is 1.85. The minimum atomic E-state index is 0.461. The summed E-state index contributed by atoms with van der Waals surface area (Å²) in [6.07, 6.45) is 1.08. The van der Waals surface area contributed by atoms with Crippen LogP contribution in [0.5, 0.6) is 0 Å². The quantitative estimate of drug-likeness (QED) is 0.788. The Morgan fingerprint density at radius 3 is 2.93 bits per heavy atom. The van der Waals surface area contributed by atoms with E-state index in [1.165, 1.54) is 0 Å². The number of oxazole rings is 1. The van der Waals surface area contributed by atoms with Gasteiger partial charge >= 0.3 is 0 Å². The number of nitrogens with zero attached hydrogens (tertiary/aromatic N) is 1. The average molecular weight is 196 g/mol. The molecule has 1 aromatic heterocycles. The molecule has 1 N–H and O–H groups in total. The van der Waals surface area contributed by atoms with Crippen molar-refractivity contribution in [2.75, 3.05) is 13.2 Å². The summed E-state index contributed by atoms with van der Waals surface area (Å²) in [5, 5.41) is 3.36. The lowest BCUT2D eigenvalue weighted by Crippen LogP contribution is -2.28. The van der Waals surface area contributed by atoms with E-state index in [9.17, 15) is 0 Å². The van der Waals surface area contributed by atoms with E-state index in [2.05, 4.69) is 10.3 Å². The van der Waals surface area contributed by atoms with E-state index in [0.717, 1.165) is 37.0 Å². The number of hydrogen-bond donors (Lipinski definition) is 1. The van der Waals surface area contributed by atoms with Crippen molar-refractivity contribution in [2.24, 2.45) is 0 Å². The van der Waals surface area contributed by atoms with Gasteiger partial charge in [-0.2, -0.15) is 0 Å². The fourth-order valence-electron chi connectivity index (χ4n) is 1.54. The van der Waals surface area contributed by atoms with Crippen LogP contribution in [0.2, 0.25) is 0 Å². The largest absolute Gasteiger partial charge is 0.444 e. The molecule has 1 atom stereocenters. The molecule has 1 fully saturated rings. The summed E-state index contributed by atoms with van der Waals surface area (Å²) in [5.74, 6) is 1.68. The van der Waals surface area contributed by atoms with Gasteiger partial charge in [0.25, 0.3) is 0 Å². The molecule has 1 saturated heterocycles. The van der Waals surface area contributed by atoms with E-state index in [1.54, 1.807) is 0 Å². The molecule has 2 rings (SSSR count). The normalized spacial score (nSPS) is 21.7. The average Bonchev–Trinajstić information content (AvgIpc) is 2.74. The second-order valence-corrected chi connectivity index (χ2v) is 3.69. The first kappa shape index (κ1) is 9.68. The number of ether oxygens (including phenoxy) is 1. The Labute approximate surface area is 83.7 Å². The standard InChI is InChI=1S/C10H16N2O2/c1-7-8(2)14-10(12-7)5-11-9-3-4-13-6-9/h9,11H,3-6H2,1-2H3. The molecule has 0 aliphatic carbocycles. The molecule has 0 saturated carbocycles. The predicted octanol–water partition coefficient (Wildman–Crippen LogP) is 1.17. The first-order valence-electron chi connectivity index (χ1n) is 5.00. The molecule has 0 amide bonds. The van der Waals surface area contributed by atoms with Crippen molar-refractivity contribution >= 4 is 0 Å². The number of aromatic nitrogens is 1. The van der Waals surface area contributed by atoms with Crippen LogP contribution in [0.15, 0.2) is 4.42 Å². The molecule has 0 spiro atoms. The van der Waals surface area contributed by atoms with Crippen LogP contribution in [0, 0.1) is 13.8 Å². The van der Waals surface area contributed by atoms with Crippen LogP contribution in [0.1, 0.15) is 23.8 Å². The van der Waals surface area contributed by atoms with Gasteiger partial charge in [-0.3, -0.25) is 0 Å². The first-order chi connectivity index (χ1) is 6.75. The van der Waals surface area contributed by atoms with Gasteiger partial charge in [-0.1, -0.05) is 0 Å². The van der Waals surface area contributed by atoms with Gasteiger partial charge in [0.05, 0.1) is 18.8 Å². The Hall–Kier alpha value is -0.870. The fraction of sp³-hybridized carbons (Fsp3) is 0.700. The Morgan fingerprint density at radius 1 is 1.50 bits per heavy atom. The van der Waals surface area contributed by atoms with E-state index >= 15 is 0 Å². The summed E-state index contributed by atoms with van der Waals surface area (Å²) < 4.78 is 10.7. The Kier molecular flexibility index (Phi) is 2.84. The van der Waals surface area contributed by atoms with Crippen LogP contribution in [0.25, 0.3) is 0 Å². The van der Waals surface area contributed by atoms with Crippen molar-refractivity contribution in [2.45, 2.75) is 32.9 Å². The van der Waals surface area contributed by atoms with Crippen molar-refractivity contribution in [1.29, 1.82) is 0 Å². The van der Waals surface area contributed by atoms with Gasteiger partial charge in [-0.05, 0) is 20.3 Å². The van der Waals surface area contributed by atoms with Gasteiger partial charge < -0.3 is 14.5 Å². The summed E-state index contributed by atoms with van der Waals surface area (Å²) in [5.41, 5.74) is 0.976. The molecule has 4 heteroatoms. The topological polar surface area (TPSA) is 47.3 Å². The zero-order valence-corrected chi connectivity index (χ0v) is 8.67. The molecule has 0 aromatic carbocycles. The molecule has 0 radical (unpaired) electrons. The zero-order chi connectivity index (χ0) is 9.97. The van der Waals surface area contributed by atoms with Gasteiger partial charge in [0, 0.05) is 12.6 Å². The maximum atomic E-state index is 5.46. The van der Waals surface area contributed by atoms with E-state index in [1.807, 2.05) is 13.8 Å². The third kappa shape index (κ3) is 2.13. The van der Waals surface area contributed by atoms with Crippen molar-refractivity contribution in [1.82, 2.24) is 10.3 Å². The first-order valence-corrected chi connectivity index (χ1v) is 5.00. The lowest BCUT2D eigenvalue weighted by atomic mass is 10.3. The molecule has 1 aliphatic rings. The number of rotatable bonds is 3. The predicted molar refractivity (Wildman–Crippen MR) is 52.0 cm³/mol. The number of nitrogens with one attached hydrogen (secondary N) is 1. The highest BCUT2D eigenvalue weighted by Gasteiger charge is 2.15. The third-order valence-corrected chi connectivity index (χ3v) is 2.54. The second kappa shape index (κ2) is 4.11. The fourth-order valence-corrected chi connectivity index (χ4v) is 1.54. The van der Waals surface area contributed by atoms with Crippen molar-refractivity contribution in [3.63, 3.8) is 0 Å². The number of aryl methyl sites for hydroxylation is 2. The highest BCUT2D eigenvalue weighted by atomic mass is 16.5. The third-order valence-electron chi connectivity index (χ3n) is 2.54. The Morgan fingerprint density at radius 2 is 2.36 bits per heavy atom. The lowest BCUT2D eigenvalue weighted by molar-refractivity contribution is 0.189. The second-order valence-electron chi connectivity index (χ2n) is 3.69. The minimum Gasteiger partial charge on any atom is -0.444 e. The van der Waals surface area contributed by atoms with Gasteiger partial charge in [0.1, 0.15) is 5.76 Å². The molecule has 78 valence electrons. The highest BCUT2D eigenvalue weighted by molar-refractivity contribution is 5.05. The van der Waals surface area contributed by atoms with Crippen molar-refractivity contribution in [3.05, 3.63) is 17.3 Å². The van der Waals surface area contributed by atoms with Crippen molar-refractivity contribution < 1.29 is 9.15 Å². The van der Waals surface area contributed by atoms with E-state index < -0.39 is 0 Å². The van der Waals surface area contributed by atoms with Crippen LogP contribution in [0.3, 0.4) is 0 Å². The molecule has 1 aromatic rings. The van der Waals surface area contributed by atoms with Gasteiger partial charge in [-0.25, -0.2) is 4.98 Å². The van der Waals surface area contributed by atoms with Crippen LogP contribution in [0.4, 0.5) is 0 Å². The summed E-state index contributed by atoms with van der Waals surface area (Å²) in [6, 6.07) is 0.461. The Bertz CT molecular complexity index is 284. The van der Waals surface area contributed by atoms with Gasteiger partial charge in [0.15, 0.2) is 0 Å². The molecule has 1 unspecified atom stereocenters. The maximum absolute atomic E-state index is 5.46. The van der Waals surface area contributed by atoms with E-state index in [4.69, 9.17) is 9.15 Å². The minimum absolute atomic E-state index is 0.461. The summed E-state index contributed by atoms with van der Waals surface area (Å²) in [7, 11) is 0. The molecular formula is C10H16N2O2. The van der Waals surface area contributed by atoms with Gasteiger partial charge in [-0.15, -0.1) is 0 Å². The van der Waals surface area contributed by atoms with Crippen molar-refractivity contribution in [3.8, 4) is 0 Å². The lowest BCUT2D eigenvalue weighted by Gasteiger charge is -2.07. The SMILES string of the molecule is Cc1nc(CNC2CCOC2)oc1C. The van der Waals surface area contributed by atoms with Crippen LogP contribution >= 0.6 is 0 Å². The molecule has 1 aliphatic heterocycles. The molecule has 4 nitrogen and oxygen atoms in total. The summed E-state index contributed by atoms with van der Waals surface area (Å²) in [6.45, 7) is 6.26. The highest BCUT2D eigenvalue weighted by Crippen LogP contribution is 2.09. The molecule has 2 heterocycles. The van der Waals surface area contributed by atoms with E-state index in [-0.39, 0.29) is 0 Å². The zero-order valence-electron chi connectivity index (χ0n) is 8.67. The maximum Gasteiger partial charge on any atom is 0.208 e. The molecule has 14 heavy (non-hydrogen) atoms. The van der Waals surface area contributed by atoms with Crippen LogP contribution in [-0.2, 0) is 11.3 Å². The van der Waals surface area contributed by atoms with E-state index in [0.29, 0.717) is 12.6 Å². The smallest absolute Gasteiger partial charge is 0.208 e. The number of hydrogen-bond acceptors (Lipinski definition) is 4. The van der Waals surface area contributed by atoms with Crippen LogP contribution in [-0.4, -0.2) is 24.2 Å². The van der Waals surface area contributed by atoms with Gasteiger partial charge in [0.2, 0.25) is 5.89 Å². The molecular weight excluding hydrogens is 180 g/mol. The summed E-state index contributed by atoms with van der Waals surface area (Å²) in [4.78, 5) is 4.30.